The molecule has 12 heteroatoms. The van der Waals surface area contributed by atoms with E-state index in [0.29, 0.717) is 11.1 Å². The van der Waals surface area contributed by atoms with Crippen LogP contribution < -0.4 is 26.2 Å². The molecule has 0 spiro atoms. The Kier molecular flexibility index (Phi) is 7.24. The topological polar surface area (TPSA) is 177 Å². The third-order valence-electron chi connectivity index (χ3n) is 3.65. The molecule has 30 heavy (non-hydrogen) atoms. The summed E-state index contributed by atoms with van der Waals surface area (Å²) >= 11 is 5.97. The van der Waals surface area contributed by atoms with Crippen molar-refractivity contribution in [3.63, 3.8) is 0 Å². The molecular weight excluding hydrogens is 434 g/mol. The highest BCUT2D eigenvalue weighted by Gasteiger charge is 2.13. The number of amides is 2. The Hall–Kier alpha value is -3.31. The van der Waals surface area contributed by atoms with Crippen molar-refractivity contribution in [2.24, 2.45) is 11.5 Å². The van der Waals surface area contributed by atoms with Gasteiger partial charge in [-0.3, -0.25) is 19.7 Å². The summed E-state index contributed by atoms with van der Waals surface area (Å²) in [4.78, 5) is 23.5. The van der Waals surface area contributed by atoms with Crippen LogP contribution in [0.2, 0.25) is 5.02 Å². The first-order valence-electron chi connectivity index (χ1n) is 8.39. The standard InChI is InChI=1S/C18H20ClN5O5S/c1-30(27,28)24-14-5-12(4-13(19)7-14)18(26)23-8-11-3-2-10(17(21)22)6-15(11)29-9-16(20)25/h2-7,24H,8-9H2,1H3,(H2,20,25)(H3,21,22)(H,23,26). The first-order valence-corrected chi connectivity index (χ1v) is 10.7. The summed E-state index contributed by atoms with van der Waals surface area (Å²) in [7, 11) is -3.54. The van der Waals surface area contributed by atoms with Crippen LogP contribution >= 0.6 is 11.6 Å². The van der Waals surface area contributed by atoms with Crippen molar-refractivity contribution in [3.05, 3.63) is 58.1 Å². The molecule has 160 valence electrons. The highest BCUT2D eigenvalue weighted by atomic mass is 35.5. The van der Waals surface area contributed by atoms with E-state index in [2.05, 4.69) is 10.0 Å². The van der Waals surface area contributed by atoms with Crippen molar-refractivity contribution in [1.82, 2.24) is 5.32 Å². The fourth-order valence-corrected chi connectivity index (χ4v) is 3.20. The summed E-state index contributed by atoms with van der Waals surface area (Å²) in [5.74, 6) is -1.18. The zero-order valence-electron chi connectivity index (χ0n) is 15.9. The highest BCUT2D eigenvalue weighted by molar-refractivity contribution is 7.92. The van der Waals surface area contributed by atoms with E-state index in [0.717, 1.165) is 6.26 Å². The van der Waals surface area contributed by atoms with Gasteiger partial charge in [0.1, 0.15) is 11.6 Å². The van der Waals surface area contributed by atoms with E-state index in [4.69, 9.17) is 33.2 Å². The molecule has 7 N–H and O–H groups in total. The van der Waals surface area contributed by atoms with E-state index in [1.54, 1.807) is 12.1 Å². The van der Waals surface area contributed by atoms with E-state index >= 15 is 0 Å². The van der Waals surface area contributed by atoms with Crippen LogP contribution in [0.1, 0.15) is 21.5 Å². The van der Waals surface area contributed by atoms with Gasteiger partial charge in [0, 0.05) is 28.3 Å². The van der Waals surface area contributed by atoms with Gasteiger partial charge >= 0.3 is 0 Å². The lowest BCUT2D eigenvalue weighted by atomic mass is 10.1. The molecule has 0 heterocycles. The number of hydrogen-bond donors (Lipinski definition) is 5. The number of nitrogen functional groups attached to an aromatic ring is 1. The number of primary amides is 1. The first-order chi connectivity index (χ1) is 13.9. The summed E-state index contributed by atoms with van der Waals surface area (Å²) in [6, 6.07) is 8.70. The lowest BCUT2D eigenvalue weighted by Gasteiger charge is -2.13. The molecule has 0 unspecified atom stereocenters. The number of rotatable bonds is 9. The second-order valence-electron chi connectivity index (χ2n) is 6.28. The Bertz CT molecular complexity index is 1100. The first kappa shape index (κ1) is 23.0. The number of halogens is 1. The fraction of sp³-hybridized carbons (Fsp3) is 0.167. The molecule has 0 bridgehead atoms. The SMILES string of the molecule is CS(=O)(=O)Nc1cc(Cl)cc(C(=O)NCc2ccc(C(=N)N)cc2OCC(N)=O)c1. The quantitative estimate of drug-likeness (QED) is 0.276. The Morgan fingerprint density at radius 1 is 1.13 bits per heavy atom. The molecule has 0 aromatic heterocycles. The predicted octanol–water partition coefficient (Wildman–Crippen LogP) is 0.790. The maximum absolute atomic E-state index is 12.5. The molecule has 0 saturated carbocycles. The van der Waals surface area contributed by atoms with Crippen LogP contribution in [0.4, 0.5) is 5.69 Å². The van der Waals surface area contributed by atoms with E-state index in [1.807, 2.05) is 0 Å². The molecule has 0 radical (unpaired) electrons. The molecule has 0 saturated heterocycles. The normalized spacial score (nSPS) is 10.9. The van der Waals surface area contributed by atoms with Gasteiger partial charge in [0.2, 0.25) is 10.0 Å². The fourth-order valence-electron chi connectivity index (χ4n) is 2.42. The Morgan fingerprint density at radius 2 is 1.83 bits per heavy atom. The minimum Gasteiger partial charge on any atom is -0.483 e. The molecule has 2 rings (SSSR count). The van der Waals surface area contributed by atoms with E-state index in [9.17, 15) is 18.0 Å². The van der Waals surface area contributed by atoms with Crippen molar-refractivity contribution < 1.29 is 22.7 Å². The van der Waals surface area contributed by atoms with Gasteiger partial charge in [-0.15, -0.1) is 0 Å². The predicted molar refractivity (Wildman–Crippen MR) is 113 cm³/mol. The number of sulfonamides is 1. The highest BCUT2D eigenvalue weighted by Crippen LogP contribution is 2.22. The van der Waals surface area contributed by atoms with Crippen LogP contribution in [0.25, 0.3) is 0 Å². The van der Waals surface area contributed by atoms with Crippen molar-refractivity contribution >= 4 is 45.0 Å². The zero-order chi connectivity index (χ0) is 22.5. The lowest BCUT2D eigenvalue weighted by Crippen LogP contribution is -2.25. The molecule has 0 fully saturated rings. The van der Waals surface area contributed by atoms with Crippen LogP contribution in [0.5, 0.6) is 5.75 Å². The lowest BCUT2D eigenvalue weighted by molar-refractivity contribution is -0.119. The number of nitrogens with two attached hydrogens (primary N) is 2. The Balaban J connectivity index is 2.21. The van der Waals surface area contributed by atoms with E-state index in [-0.39, 0.29) is 34.4 Å². The van der Waals surface area contributed by atoms with Gasteiger partial charge in [-0.25, -0.2) is 8.42 Å². The molecule has 10 nitrogen and oxygen atoms in total. The van der Waals surface area contributed by atoms with Crippen molar-refractivity contribution in [3.8, 4) is 5.75 Å². The summed E-state index contributed by atoms with van der Waals surface area (Å²) < 4.78 is 30.4. The summed E-state index contributed by atoms with van der Waals surface area (Å²) in [6.07, 6.45) is 0.978. The van der Waals surface area contributed by atoms with Crippen LogP contribution in [0.3, 0.4) is 0 Å². The van der Waals surface area contributed by atoms with E-state index < -0.39 is 28.4 Å². The molecule has 2 aromatic rings. The van der Waals surface area contributed by atoms with Gasteiger partial charge < -0.3 is 21.5 Å². The summed E-state index contributed by atoms with van der Waals surface area (Å²) in [5.41, 5.74) is 11.7. The average Bonchev–Trinajstić information content (AvgIpc) is 2.62. The minimum absolute atomic E-state index is 0.00641. The minimum atomic E-state index is -3.54. The third-order valence-corrected chi connectivity index (χ3v) is 4.48. The zero-order valence-corrected chi connectivity index (χ0v) is 17.4. The molecule has 0 aliphatic rings. The molecule has 2 amide bonds. The van der Waals surface area contributed by atoms with Gasteiger partial charge in [-0.2, -0.15) is 0 Å². The number of ether oxygens (including phenoxy) is 1. The number of benzene rings is 2. The summed E-state index contributed by atoms with van der Waals surface area (Å²) in [5, 5.41) is 10.3. The Morgan fingerprint density at radius 3 is 2.43 bits per heavy atom. The van der Waals surface area contributed by atoms with Gasteiger partial charge in [-0.1, -0.05) is 23.7 Å². The van der Waals surface area contributed by atoms with E-state index in [1.165, 1.54) is 24.3 Å². The maximum Gasteiger partial charge on any atom is 0.255 e. The van der Waals surface area contributed by atoms with Crippen LogP contribution in [-0.4, -0.2) is 38.9 Å². The van der Waals surface area contributed by atoms with Gasteiger partial charge in [0.15, 0.2) is 6.61 Å². The summed E-state index contributed by atoms with van der Waals surface area (Å²) in [6.45, 7) is -0.385. The largest absolute Gasteiger partial charge is 0.483 e. The van der Waals surface area contributed by atoms with Crippen molar-refractivity contribution in [2.75, 3.05) is 17.6 Å². The second kappa shape index (κ2) is 9.46. The third kappa shape index (κ3) is 6.94. The Labute approximate surface area is 178 Å². The number of hydrogen-bond acceptors (Lipinski definition) is 6. The second-order valence-corrected chi connectivity index (χ2v) is 8.46. The van der Waals surface area contributed by atoms with Gasteiger partial charge in [0.25, 0.3) is 11.8 Å². The van der Waals surface area contributed by atoms with Crippen LogP contribution in [0.15, 0.2) is 36.4 Å². The molecular formula is C18H20ClN5O5S. The molecule has 0 aliphatic heterocycles. The number of nitrogens with one attached hydrogen (secondary N) is 3. The maximum atomic E-state index is 12.5. The van der Waals surface area contributed by atoms with Crippen molar-refractivity contribution in [1.29, 1.82) is 5.41 Å². The van der Waals surface area contributed by atoms with Gasteiger partial charge in [-0.05, 0) is 24.3 Å². The number of anilines is 1. The van der Waals surface area contributed by atoms with Crippen LogP contribution in [0, 0.1) is 5.41 Å². The monoisotopic (exact) mass is 453 g/mol. The molecule has 2 aromatic carbocycles. The number of amidine groups is 1. The van der Waals surface area contributed by atoms with Crippen molar-refractivity contribution in [2.45, 2.75) is 6.54 Å². The van der Waals surface area contributed by atoms with Crippen LogP contribution in [-0.2, 0) is 21.4 Å². The average molecular weight is 454 g/mol. The number of carbonyl (C=O) groups excluding carboxylic acids is 2. The smallest absolute Gasteiger partial charge is 0.255 e. The number of carbonyl (C=O) groups is 2. The molecule has 0 atom stereocenters. The van der Waals surface area contributed by atoms with Gasteiger partial charge in [0.05, 0.1) is 11.9 Å². The molecule has 0 aliphatic carbocycles.